The number of nitrogens with zero attached hydrogens (tertiary/aromatic N) is 2. The molecule has 0 aliphatic heterocycles. The summed E-state index contributed by atoms with van der Waals surface area (Å²) in [6.07, 6.45) is 5.47. The van der Waals surface area contributed by atoms with E-state index >= 15 is 0 Å². The Bertz CT molecular complexity index is 971. The van der Waals surface area contributed by atoms with Crippen molar-refractivity contribution in [3.63, 3.8) is 0 Å². The van der Waals surface area contributed by atoms with E-state index in [0.717, 1.165) is 29.7 Å². The van der Waals surface area contributed by atoms with Gasteiger partial charge in [-0.3, -0.25) is 4.72 Å². The zero-order chi connectivity index (χ0) is 16.0. The van der Waals surface area contributed by atoms with Gasteiger partial charge in [0, 0.05) is 23.6 Å². The van der Waals surface area contributed by atoms with Gasteiger partial charge in [-0.15, -0.1) is 0 Å². The van der Waals surface area contributed by atoms with E-state index < -0.39 is 10.0 Å². The molecule has 6 heteroatoms. The van der Waals surface area contributed by atoms with E-state index in [1.54, 1.807) is 12.1 Å². The van der Waals surface area contributed by atoms with Crippen molar-refractivity contribution in [3.8, 4) is 11.3 Å². The summed E-state index contributed by atoms with van der Waals surface area (Å²) < 4.78 is 28.5. The Kier molecular flexibility index (Phi) is 3.16. The molecule has 5 nitrogen and oxygen atoms in total. The van der Waals surface area contributed by atoms with Gasteiger partial charge >= 0.3 is 0 Å². The number of imidazole rings is 1. The number of aromatic nitrogens is 2. The second-order valence-electron chi connectivity index (χ2n) is 6.02. The Morgan fingerprint density at radius 2 is 1.91 bits per heavy atom. The lowest BCUT2D eigenvalue weighted by molar-refractivity contribution is 0.600. The molecule has 2 aromatic heterocycles. The first-order valence-corrected chi connectivity index (χ1v) is 9.13. The SMILES string of the molecule is Cc1ccn2cc(-c3ccc(NS(=O)(=O)C4CC4)cc3)nc2c1. The summed E-state index contributed by atoms with van der Waals surface area (Å²) in [7, 11) is -3.21. The molecule has 0 unspecified atom stereocenters. The molecule has 3 aromatic rings. The van der Waals surface area contributed by atoms with Gasteiger partial charge < -0.3 is 4.40 Å². The van der Waals surface area contributed by atoms with Crippen molar-refractivity contribution in [2.24, 2.45) is 0 Å². The molecule has 118 valence electrons. The Hall–Kier alpha value is -2.34. The van der Waals surface area contributed by atoms with Gasteiger partial charge in [0.15, 0.2) is 0 Å². The van der Waals surface area contributed by atoms with E-state index in [4.69, 9.17) is 0 Å². The number of fused-ring (bicyclic) bond motifs is 1. The minimum absolute atomic E-state index is 0.219. The molecule has 2 heterocycles. The largest absolute Gasteiger partial charge is 0.306 e. The molecule has 1 aliphatic carbocycles. The summed E-state index contributed by atoms with van der Waals surface area (Å²) in [4.78, 5) is 4.61. The van der Waals surface area contributed by atoms with Gasteiger partial charge in [0.05, 0.1) is 10.9 Å². The first-order chi connectivity index (χ1) is 11.0. The summed E-state index contributed by atoms with van der Waals surface area (Å²) in [6, 6.07) is 11.4. The van der Waals surface area contributed by atoms with Gasteiger partial charge in [-0.2, -0.15) is 0 Å². The molecule has 0 radical (unpaired) electrons. The van der Waals surface area contributed by atoms with Crippen LogP contribution in [0.25, 0.3) is 16.9 Å². The van der Waals surface area contributed by atoms with E-state index in [1.807, 2.05) is 48.0 Å². The van der Waals surface area contributed by atoms with E-state index in [1.165, 1.54) is 5.56 Å². The highest BCUT2D eigenvalue weighted by Gasteiger charge is 2.35. The standard InChI is InChI=1S/C17H17N3O2S/c1-12-8-9-20-11-16(18-17(20)10-12)13-2-4-14(5-3-13)19-23(21,22)15-6-7-15/h2-5,8-11,15,19H,6-7H2,1H3. The summed E-state index contributed by atoms with van der Waals surface area (Å²) in [5, 5.41) is -0.219. The number of hydrogen-bond donors (Lipinski definition) is 1. The molecule has 1 aromatic carbocycles. The predicted molar refractivity (Wildman–Crippen MR) is 90.9 cm³/mol. The lowest BCUT2D eigenvalue weighted by atomic mass is 10.1. The number of hydrogen-bond acceptors (Lipinski definition) is 3. The van der Waals surface area contributed by atoms with Crippen LogP contribution in [0.2, 0.25) is 0 Å². The quantitative estimate of drug-likeness (QED) is 0.800. The van der Waals surface area contributed by atoms with Gasteiger partial charge in [0.1, 0.15) is 5.65 Å². The summed E-state index contributed by atoms with van der Waals surface area (Å²) in [5.74, 6) is 0. The molecule has 1 aliphatic rings. The van der Waals surface area contributed by atoms with E-state index in [9.17, 15) is 8.42 Å². The number of sulfonamides is 1. The molecule has 1 saturated carbocycles. The molecular formula is C17H17N3O2S. The fourth-order valence-electron chi connectivity index (χ4n) is 2.56. The molecule has 0 bridgehead atoms. The molecule has 1 N–H and O–H groups in total. The van der Waals surface area contributed by atoms with Crippen molar-refractivity contribution < 1.29 is 8.42 Å². The number of nitrogens with one attached hydrogen (secondary N) is 1. The molecule has 4 rings (SSSR count). The normalized spacial score (nSPS) is 15.0. The number of aryl methyl sites for hydroxylation is 1. The van der Waals surface area contributed by atoms with Gasteiger partial charge in [-0.1, -0.05) is 12.1 Å². The maximum atomic E-state index is 11.9. The van der Waals surface area contributed by atoms with E-state index in [0.29, 0.717) is 5.69 Å². The third-order valence-electron chi connectivity index (χ3n) is 4.02. The zero-order valence-corrected chi connectivity index (χ0v) is 13.5. The maximum absolute atomic E-state index is 11.9. The highest BCUT2D eigenvalue weighted by molar-refractivity contribution is 7.93. The second-order valence-corrected chi connectivity index (χ2v) is 7.98. The topological polar surface area (TPSA) is 63.5 Å². The molecule has 0 saturated heterocycles. The third-order valence-corrected chi connectivity index (χ3v) is 5.89. The van der Waals surface area contributed by atoms with Crippen molar-refractivity contribution in [3.05, 3.63) is 54.4 Å². The molecular weight excluding hydrogens is 310 g/mol. The smallest absolute Gasteiger partial charge is 0.235 e. The van der Waals surface area contributed by atoms with Gasteiger partial charge in [0.2, 0.25) is 10.0 Å². The van der Waals surface area contributed by atoms with Gasteiger partial charge in [-0.25, -0.2) is 13.4 Å². The van der Waals surface area contributed by atoms with Crippen LogP contribution in [0.5, 0.6) is 0 Å². The van der Waals surface area contributed by atoms with Crippen molar-refractivity contribution >= 4 is 21.4 Å². The molecule has 1 fully saturated rings. The lowest BCUT2D eigenvalue weighted by Crippen LogP contribution is -2.17. The van der Waals surface area contributed by atoms with Crippen LogP contribution < -0.4 is 4.72 Å². The van der Waals surface area contributed by atoms with Crippen molar-refractivity contribution in [2.45, 2.75) is 25.0 Å². The van der Waals surface area contributed by atoms with E-state index in [-0.39, 0.29) is 5.25 Å². The monoisotopic (exact) mass is 327 g/mol. The number of rotatable bonds is 4. The Morgan fingerprint density at radius 3 is 2.61 bits per heavy atom. The number of benzene rings is 1. The predicted octanol–water partition coefficient (Wildman–Crippen LogP) is 3.21. The maximum Gasteiger partial charge on any atom is 0.235 e. The Morgan fingerprint density at radius 1 is 1.17 bits per heavy atom. The number of pyridine rings is 1. The Labute approximate surface area is 135 Å². The van der Waals surface area contributed by atoms with Crippen LogP contribution >= 0.6 is 0 Å². The molecule has 0 spiro atoms. The first kappa shape index (κ1) is 14.3. The van der Waals surface area contributed by atoms with Crippen LogP contribution in [0.4, 0.5) is 5.69 Å². The van der Waals surface area contributed by atoms with Crippen LogP contribution in [-0.4, -0.2) is 23.1 Å². The summed E-state index contributed by atoms with van der Waals surface area (Å²) >= 11 is 0. The summed E-state index contributed by atoms with van der Waals surface area (Å²) in [6.45, 7) is 2.04. The van der Waals surface area contributed by atoms with Crippen molar-refractivity contribution in [1.29, 1.82) is 0 Å². The number of anilines is 1. The second kappa shape index (κ2) is 5.09. The zero-order valence-electron chi connectivity index (χ0n) is 12.7. The van der Waals surface area contributed by atoms with Crippen LogP contribution in [0, 0.1) is 6.92 Å². The average Bonchev–Trinajstić information content (AvgIpc) is 3.29. The Balaban J connectivity index is 1.61. The van der Waals surface area contributed by atoms with Crippen LogP contribution in [0.15, 0.2) is 48.8 Å². The summed E-state index contributed by atoms with van der Waals surface area (Å²) in [5.41, 5.74) is 4.49. The van der Waals surface area contributed by atoms with Crippen molar-refractivity contribution in [2.75, 3.05) is 4.72 Å². The van der Waals surface area contributed by atoms with E-state index in [2.05, 4.69) is 9.71 Å². The highest BCUT2D eigenvalue weighted by atomic mass is 32.2. The highest BCUT2D eigenvalue weighted by Crippen LogP contribution is 2.30. The molecule has 0 amide bonds. The minimum Gasteiger partial charge on any atom is -0.306 e. The first-order valence-electron chi connectivity index (χ1n) is 7.59. The fraction of sp³-hybridized carbons (Fsp3) is 0.235. The fourth-order valence-corrected chi connectivity index (χ4v) is 3.95. The minimum atomic E-state index is -3.21. The van der Waals surface area contributed by atoms with Crippen LogP contribution in [0.3, 0.4) is 0 Å². The molecule has 0 atom stereocenters. The van der Waals surface area contributed by atoms with Gasteiger partial charge in [-0.05, 0) is 49.6 Å². The van der Waals surface area contributed by atoms with Crippen LogP contribution in [-0.2, 0) is 10.0 Å². The van der Waals surface area contributed by atoms with Gasteiger partial charge in [0.25, 0.3) is 0 Å². The molecule has 23 heavy (non-hydrogen) atoms. The van der Waals surface area contributed by atoms with Crippen molar-refractivity contribution in [1.82, 2.24) is 9.38 Å². The average molecular weight is 327 g/mol. The lowest BCUT2D eigenvalue weighted by Gasteiger charge is -2.07. The van der Waals surface area contributed by atoms with Crippen LogP contribution in [0.1, 0.15) is 18.4 Å². The third kappa shape index (κ3) is 2.82.